The van der Waals surface area contributed by atoms with E-state index in [1.54, 1.807) is 4.88 Å². The van der Waals surface area contributed by atoms with Gasteiger partial charge in [0.25, 0.3) is 0 Å². The van der Waals surface area contributed by atoms with E-state index in [9.17, 15) is 0 Å². The number of nitrogens with one attached hydrogen (secondary N) is 1. The van der Waals surface area contributed by atoms with Crippen LogP contribution in [0, 0.1) is 18.3 Å². The predicted molar refractivity (Wildman–Crippen MR) is 90.7 cm³/mol. The quantitative estimate of drug-likeness (QED) is 0.791. The summed E-state index contributed by atoms with van der Waals surface area (Å²) in [6, 6.07) is 4.66. The first-order valence-electron chi connectivity index (χ1n) is 7.98. The van der Waals surface area contributed by atoms with Crippen molar-refractivity contribution in [2.45, 2.75) is 72.3 Å². The van der Waals surface area contributed by atoms with Crippen LogP contribution in [0.1, 0.15) is 69.6 Å². The van der Waals surface area contributed by atoms with Gasteiger partial charge >= 0.3 is 0 Å². The Morgan fingerprint density at radius 1 is 1.30 bits per heavy atom. The summed E-state index contributed by atoms with van der Waals surface area (Å²) < 4.78 is 0. The Bertz CT molecular complexity index is 439. The second-order valence-electron chi connectivity index (χ2n) is 8.35. The lowest BCUT2D eigenvalue weighted by Crippen LogP contribution is -2.42. The minimum absolute atomic E-state index is 0.225. The summed E-state index contributed by atoms with van der Waals surface area (Å²) in [5.74, 6) is 1.53. The second-order valence-corrected chi connectivity index (χ2v) is 9.67. The van der Waals surface area contributed by atoms with Gasteiger partial charge in [-0.2, -0.15) is 0 Å². The molecule has 0 bridgehead atoms. The van der Waals surface area contributed by atoms with Crippen molar-refractivity contribution in [3.63, 3.8) is 0 Å². The van der Waals surface area contributed by atoms with E-state index < -0.39 is 0 Å². The van der Waals surface area contributed by atoms with E-state index in [2.05, 4.69) is 59.0 Å². The molecule has 0 aromatic carbocycles. The van der Waals surface area contributed by atoms with Gasteiger partial charge in [0, 0.05) is 15.3 Å². The topological polar surface area (TPSA) is 12.0 Å². The average molecular weight is 294 g/mol. The molecule has 114 valence electrons. The molecule has 1 nitrogen and oxygen atoms in total. The summed E-state index contributed by atoms with van der Waals surface area (Å²) in [4.78, 5) is 3.06. The van der Waals surface area contributed by atoms with E-state index >= 15 is 0 Å². The Morgan fingerprint density at radius 3 is 2.55 bits per heavy atom. The fourth-order valence-corrected chi connectivity index (χ4v) is 4.38. The molecular formula is C18H31NS. The van der Waals surface area contributed by atoms with Crippen LogP contribution in [0.15, 0.2) is 12.1 Å². The zero-order chi connectivity index (χ0) is 15.0. The summed E-state index contributed by atoms with van der Waals surface area (Å²) in [6.45, 7) is 15.1. The molecule has 1 aromatic rings. The number of hydrogen-bond acceptors (Lipinski definition) is 2. The maximum absolute atomic E-state index is 3.73. The molecule has 2 unspecified atom stereocenters. The van der Waals surface area contributed by atoms with Crippen LogP contribution in [-0.4, -0.2) is 12.1 Å². The van der Waals surface area contributed by atoms with Gasteiger partial charge in [-0.1, -0.05) is 13.8 Å². The van der Waals surface area contributed by atoms with Crippen molar-refractivity contribution in [2.24, 2.45) is 11.3 Å². The molecule has 1 heterocycles. The maximum atomic E-state index is 3.73. The molecule has 1 fully saturated rings. The molecule has 0 spiro atoms. The second kappa shape index (κ2) is 5.81. The molecule has 2 atom stereocenters. The fourth-order valence-electron chi connectivity index (χ4n) is 3.31. The van der Waals surface area contributed by atoms with Gasteiger partial charge < -0.3 is 5.32 Å². The van der Waals surface area contributed by atoms with Crippen molar-refractivity contribution in [3.05, 3.63) is 21.9 Å². The van der Waals surface area contributed by atoms with Crippen molar-refractivity contribution in [1.29, 1.82) is 0 Å². The van der Waals surface area contributed by atoms with Crippen LogP contribution in [0.25, 0.3) is 0 Å². The van der Waals surface area contributed by atoms with Gasteiger partial charge in [-0.15, -0.1) is 11.3 Å². The molecule has 2 heteroatoms. The first-order valence-corrected chi connectivity index (χ1v) is 8.79. The Hall–Kier alpha value is -0.340. The Morgan fingerprint density at radius 2 is 2.00 bits per heavy atom. The van der Waals surface area contributed by atoms with Crippen LogP contribution in [0.2, 0.25) is 0 Å². The van der Waals surface area contributed by atoms with Gasteiger partial charge in [-0.25, -0.2) is 0 Å². The van der Waals surface area contributed by atoms with Crippen LogP contribution in [0.3, 0.4) is 0 Å². The zero-order valence-electron chi connectivity index (χ0n) is 14.0. The van der Waals surface area contributed by atoms with E-state index in [1.807, 2.05) is 11.3 Å². The van der Waals surface area contributed by atoms with E-state index in [0.29, 0.717) is 5.41 Å². The maximum Gasteiger partial charge on any atom is 0.00966 e. The van der Waals surface area contributed by atoms with Crippen LogP contribution in [0.4, 0.5) is 0 Å². The summed E-state index contributed by atoms with van der Waals surface area (Å²) in [5, 5.41) is 3.73. The summed E-state index contributed by atoms with van der Waals surface area (Å²) in [5.41, 5.74) is 0.726. The molecule has 1 aliphatic carbocycles. The highest BCUT2D eigenvalue weighted by Gasteiger charge is 2.36. The molecular weight excluding hydrogens is 262 g/mol. The predicted octanol–water partition coefficient (Wildman–Crippen LogP) is 5.35. The molecule has 0 aliphatic heterocycles. The van der Waals surface area contributed by atoms with Gasteiger partial charge in [-0.05, 0) is 82.9 Å². The van der Waals surface area contributed by atoms with Crippen LogP contribution >= 0.6 is 11.3 Å². The molecule has 20 heavy (non-hydrogen) atoms. The van der Waals surface area contributed by atoms with E-state index in [-0.39, 0.29) is 5.54 Å². The highest BCUT2D eigenvalue weighted by molar-refractivity contribution is 7.12. The SMILES string of the molecule is Cc1ccc(C2CC(C)(C)CCC2CNC(C)(C)C)s1. The minimum Gasteiger partial charge on any atom is -0.312 e. The highest BCUT2D eigenvalue weighted by atomic mass is 32.1. The monoisotopic (exact) mass is 293 g/mol. The van der Waals surface area contributed by atoms with Crippen LogP contribution in [0.5, 0.6) is 0 Å². The molecule has 1 aliphatic rings. The van der Waals surface area contributed by atoms with Crippen molar-refractivity contribution >= 4 is 11.3 Å². The number of aryl methyl sites for hydroxylation is 1. The standard InChI is InChI=1S/C18H31NS/c1-13-7-8-16(20-13)15-11-18(5,6)10-9-14(15)12-19-17(2,3)4/h7-8,14-15,19H,9-12H2,1-6H3. The third-order valence-corrected chi connectivity index (χ3v) is 5.69. The van der Waals surface area contributed by atoms with Gasteiger partial charge in [0.15, 0.2) is 0 Å². The molecule has 1 aromatic heterocycles. The number of rotatable bonds is 3. The van der Waals surface area contributed by atoms with Gasteiger partial charge in [0.2, 0.25) is 0 Å². The third kappa shape index (κ3) is 4.33. The smallest absolute Gasteiger partial charge is 0.00966 e. The third-order valence-electron chi connectivity index (χ3n) is 4.55. The lowest BCUT2D eigenvalue weighted by molar-refractivity contribution is 0.155. The Balaban J connectivity index is 2.12. The van der Waals surface area contributed by atoms with Crippen LogP contribution in [-0.2, 0) is 0 Å². The van der Waals surface area contributed by atoms with E-state index in [4.69, 9.17) is 0 Å². The van der Waals surface area contributed by atoms with Gasteiger partial charge in [-0.3, -0.25) is 0 Å². The van der Waals surface area contributed by atoms with Crippen molar-refractivity contribution in [2.75, 3.05) is 6.54 Å². The highest BCUT2D eigenvalue weighted by Crippen LogP contribution is 2.48. The van der Waals surface area contributed by atoms with Gasteiger partial charge in [0.1, 0.15) is 0 Å². The first-order chi connectivity index (χ1) is 9.16. The van der Waals surface area contributed by atoms with Gasteiger partial charge in [0.05, 0.1) is 0 Å². The normalized spacial score (nSPS) is 26.7. The van der Waals surface area contributed by atoms with Crippen LogP contribution < -0.4 is 5.32 Å². The molecule has 2 rings (SSSR count). The minimum atomic E-state index is 0.225. The van der Waals surface area contributed by atoms with E-state index in [0.717, 1.165) is 18.4 Å². The lowest BCUT2D eigenvalue weighted by atomic mass is 9.66. The zero-order valence-corrected chi connectivity index (χ0v) is 14.9. The lowest BCUT2D eigenvalue weighted by Gasteiger charge is -2.41. The number of thiophene rings is 1. The fraction of sp³-hybridized carbons (Fsp3) is 0.778. The van der Waals surface area contributed by atoms with Crippen molar-refractivity contribution in [3.8, 4) is 0 Å². The molecule has 0 saturated heterocycles. The largest absolute Gasteiger partial charge is 0.312 e. The number of hydrogen-bond donors (Lipinski definition) is 1. The Kier molecular flexibility index (Phi) is 4.66. The van der Waals surface area contributed by atoms with Crippen molar-refractivity contribution in [1.82, 2.24) is 5.32 Å². The van der Waals surface area contributed by atoms with Crippen molar-refractivity contribution < 1.29 is 0 Å². The summed E-state index contributed by atoms with van der Waals surface area (Å²) >= 11 is 2.00. The molecule has 0 radical (unpaired) electrons. The molecule has 1 N–H and O–H groups in total. The van der Waals surface area contributed by atoms with E-state index in [1.165, 1.54) is 24.1 Å². The average Bonchev–Trinajstić information content (AvgIpc) is 2.72. The summed E-state index contributed by atoms with van der Waals surface area (Å²) in [7, 11) is 0. The Labute approximate surface area is 129 Å². The first kappa shape index (κ1) is 16.0. The summed E-state index contributed by atoms with van der Waals surface area (Å²) in [6.07, 6.45) is 4.06. The molecule has 1 saturated carbocycles. The molecule has 0 amide bonds.